The van der Waals surface area contributed by atoms with Crippen LogP contribution in [0.3, 0.4) is 0 Å². The molecule has 0 saturated carbocycles. The topological polar surface area (TPSA) is 141 Å². The van der Waals surface area contributed by atoms with E-state index in [1.165, 1.54) is 77.0 Å². The normalized spacial score (nSPS) is 13.3. The lowest BCUT2D eigenvalue weighted by Gasteiger charge is -2.28. The molecular formula is C49H95NO10. The molecule has 0 rings (SSSR count). The summed E-state index contributed by atoms with van der Waals surface area (Å²) in [6.45, 7) is 11.2. The third-order valence-corrected chi connectivity index (χ3v) is 11.3. The molecule has 2 atom stereocenters. The zero-order chi connectivity index (χ0) is 44.5. The van der Waals surface area contributed by atoms with Gasteiger partial charge in [0, 0.05) is 45.8 Å². The fourth-order valence-corrected chi connectivity index (χ4v) is 7.45. The predicted octanol–water partition coefficient (Wildman–Crippen LogP) is 12.2. The average molecular weight is 858 g/mol. The molecule has 0 radical (unpaired) electrons. The first-order valence-corrected chi connectivity index (χ1v) is 24.8. The fraction of sp³-hybridized carbons (Fsp3) is 0.939. The number of rotatable bonds is 47. The van der Waals surface area contributed by atoms with Crippen LogP contribution in [-0.4, -0.2) is 99.3 Å². The number of carboxylic acids is 2. The van der Waals surface area contributed by atoms with Gasteiger partial charge >= 0.3 is 17.9 Å². The Labute approximate surface area is 368 Å². The Balaban J connectivity index is 6.02. The first-order valence-electron chi connectivity index (χ1n) is 24.8. The van der Waals surface area contributed by atoms with Gasteiger partial charge in [-0.2, -0.15) is 0 Å². The molecule has 0 bridgehead atoms. The molecule has 0 spiro atoms. The van der Waals surface area contributed by atoms with Gasteiger partial charge in [-0.25, -0.2) is 0 Å². The van der Waals surface area contributed by atoms with Gasteiger partial charge in [-0.15, -0.1) is 0 Å². The Kier molecular flexibility index (Phi) is 41.2. The summed E-state index contributed by atoms with van der Waals surface area (Å²) in [5.74, 6) is -4.67. The lowest BCUT2D eigenvalue weighted by atomic mass is 9.84. The Morgan fingerprint density at radius 3 is 1.03 bits per heavy atom. The quantitative estimate of drug-likeness (QED) is 0.0343. The van der Waals surface area contributed by atoms with Crippen LogP contribution in [-0.2, 0) is 38.1 Å². The van der Waals surface area contributed by atoms with Crippen molar-refractivity contribution >= 4 is 17.9 Å². The second-order valence-corrected chi connectivity index (χ2v) is 17.5. The van der Waals surface area contributed by atoms with Crippen LogP contribution in [0.2, 0.25) is 0 Å². The minimum Gasteiger partial charge on any atom is -0.481 e. The zero-order valence-electron chi connectivity index (χ0n) is 39.7. The third-order valence-electron chi connectivity index (χ3n) is 11.3. The molecule has 0 fully saturated rings. The van der Waals surface area contributed by atoms with E-state index in [1.807, 2.05) is 19.0 Å². The van der Waals surface area contributed by atoms with Crippen molar-refractivity contribution in [3.8, 4) is 0 Å². The van der Waals surface area contributed by atoms with Crippen molar-refractivity contribution in [2.75, 3.05) is 53.7 Å². The van der Waals surface area contributed by atoms with Crippen LogP contribution in [0.4, 0.5) is 0 Å². The summed E-state index contributed by atoms with van der Waals surface area (Å²) < 4.78 is 30.6. The number of nitrogens with zero attached hydrogens (tertiary/aromatic N) is 1. The number of esters is 1. The highest BCUT2D eigenvalue weighted by molar-refractivity contribution is 5.71. The standard InChI is InChI=1S/C49H95NO10/c1-7-11-15-19-23-27-33-56-46(57-34-28-24-20-16-12-8-2)39-43(48(52)53)37-42(41-60-45(51)31-32-50(5)6)38-44(49(54)55)40-47(58-35-29-25-21-17-13-9-3)59-36-30-26-22-18-14-10-4/h42-44,46-47H,7-41H2,1-6H3,(H,52,53)(H,54,55). The van der Waals surface area contributed by atoms with E-state index in [0.717, 1.165) is 77.0 Å². The molecular weight excluding hydrogens is 763 g/mol. The molecule has 0 aromatic rings. The van der Waals surface area contributed by atoms with Gasteiger partial charge < -0.3 is 38.8 Å². The van der Waals surface area contributed by atoms with Gasteiger partial charge in [0.1, 0.15) is 0 Å². The molecule has 0 aromatic carbocycles. The van der Waals surface area contributed by atoms with Crippen LogP contribution in [0.1, 0.15) is 214 Å². The molecule has 60 heavy (non-hydrogen) atoms. The van der Waals surface area contributed by atoms with Crippen molar-refractivity contribution < 1.29 is 48.3 Å². The van der Waals surface area contributed by atoms with Gasteiger partial charge in [0.25, 0.3) is 0 Å². The Morgan fingerprint density at radius 1 is 0.450 bits per heavy atom. The van der Waals surface area contributed by atoms with Gasteiger partial charge in [0.2, 0.25) is 0 Å². The molecule has 0 amide bonds. The number of ether oxygens (including phenoxy) is 5. The van der Waals surface area contributed by atoms with Gasteiger partial charge in [-0.1, -0.05) is 156 Å². The summed E-state index contributed by atoms with van der Waals surface area (Å²) in [4.78, 5) is 40.5. The Bertz CT molecular complexity index is 884. The number of carboxylic acid groups (broad SMARTS) is 2. The molecule has 0 heterocycles. The van der Waals surface area contributed by atoms with Crippen molar-refractivity contribution in [1.82, 2.24) is 4.90 Å². The number of carbonyl (C=O) groups is 3. The molecule has 0 aliphatic heterocycles. The van der Waals surface area contributed by atoms with E-state index < -0.39 is 48.2 Å². The van der Waals surface area contributed by atoms with E-state index >= 15 is 0 Å². The third kappa shape index (κ3) is 36.8. The van der Waals surface area contributed by atoms with Gasteiger partial charge in [-0.05, 0) is 58.5 Å². The highest BCUT2D eigenvalue weighted by Gasteiger charge is 2.32. The molecule has 0 aromatic heterocycles. The number of carbonyl (C=O) groups excluding carboxylic acids is 1. The number of hydrogen-bond donors (Lipinski definition) is 2. The Morgan fingerprint density at radius 2 is 0.750 bits per heavy atom. The lowest BCUT2D eigenvalue weighted by molar-refractivity contribution is -0.169. The summed E-state index contributed by atoms with van der Waals surface area (Å²) in [7, 11) is 3.76. The fourth-order valence-electron chi connectivity index (χ4n) is 7.45. The molecule has 11 heteroatoms. The van der Waals surface area contributed by atoms with E-state index in [0.29, 0.717) is 33.0 Å². The first kappa shape index (κ1) is 58.2. The molecule has 356 valence electrons. The summed E-state index contributed by atoms with van der Waals surface area (Å²) in [5.41, 5.74) is 0. The summed E-state index contributed by atoms with van der Waals surface area (Å²) in [5, 5.41) is 21.1. The minimum atomic E-state index is -0.996. The highest BCUT2D eigenvalue weighted by Crippen LogP contribution is 2.29. The SMILES string of the molecule is CCCCCCCCOC(CC(CC(COC(=O)CCN(C)C)CC(CC(OCCCCCCCC)OCCCCCCCC)C(=O)O)C(=O)O)OCCCCCCCC. The molecule has 2 unspecified atom stereocenters. The van der Waals surface area contributed by atoms with Crippen molar-refractivity contribution in [3.63, 3.8) is 0 Å². The van der Waals surface area contributed by atoms with Crippen LogP contribution < -0.4 is 0 Å². The van der Waals surface area contributed by atoms with Crippen molar-refractivity contribution in [3.05, 3.63) is 0 Å². The minimum absolute atomic E-state index is 0.0658. The lowest BCUT2D eigenvalue weighted by Crippen LogP contribution is -2.32. The maximum atomic E-state index is 12.9. The number of unbranched alkanes of at least 4 members (excludes halogenated alkanes) is 20. The van der Waals surface area contributed by atoms with E-state index in [-0.39, 0.29) is 38.7 Å². The summed E-state index contributed by atoms with van der Waals surface area (Å²) >= 11 is 0. The highest BCUT2D eigenvalue weighted by atomic mass is 16.7. The maximum absolute atomic E-state index is 12.9. The van der Waals surface area contributed by atoms with Crippen LogP contribution in [0.15, 0.2) is 0 Å². The van der Waals surface area contributed by atoms with Crippen molar-refractivity contribution in [2.45, 2.75) is 226 Å². The van der Waals surface area contributed by atoms with Crippen LogP contribution in [0.5, 0.6) is 0 Å². The first-order chi connectivity index (χ1) is 29.1. The Hall–Kier alpha value is -1.79. The second kappa shape index (κ2) is 42.5. The van der Waals surface area contributed by atoms with Crippen LogP contribution in [0, 0.1) is 17.8 Å². The van der Waals surface area contributed by atoms with E-state index in [9.17, 15) is 24.6 Å². The predicted molar refractivity (Wildman–Crippen MR) is 243 cm³/mol. The number of hydrogen-bond acceptors (Lipinski definition) is 9. The number of aliphatic carboxylic acids is 2. The van der Waals surface area contributed by atoms with Crippen LogP contribution in [0.25, 0.3) is 0 Å². The van der Waals surface area contributed by atoms with Gasteiger partial charge in [-0.3, -0.25) is 14.4 Å². The van der Waals surface area contributed by atoms with Gasteiger partial charge in [0.15, 0.2) is 12.6 Å². The smallest absolute Gasteiger partial charge is 0.307 e. The molecule has 11 nitrogen and oxygen atoms in total. The van der Waals surface area contributed by atoms with E-state index in [2.05, 4.69) is 27.7 Å². The van der Waals surface area contributed by atoms with Crippen molar-refractivity contribution in [1.29, 1.82) is 0 Å². The molecule has 2 N–H and O–H groups in total. The zero-order valence-corrected chi connectivity index (χ0v) is 39.7. The monoisotopic (exact) mass is 858 g/mol. The van der Waals surface area contributed by atoms with Crippen LogP contribution >= 0.6 is 0 Å². The molecule has 0 aliphatic rings. The largest absolute Gasteiger partial charge is 0.481 e. The summed E-state index contributed by atoms with van der Waals surface area (Å²) in [6.07, 6.45) is 26.1. The average Bonchev–Trinajstić information content (AvgIpc) is 3.22. The molecule has 0 saturated heterocycles. The van der Waals surface area contributed by atoms with E-state index in [1.54, 1.807) is 0 Å². The molecule has 0 aliphatic carbocycles. The van der Waals surface area contributed by atoms with Gasteiger partial charge in [0.05, 0.1) is 24.9 Å². The van der Waals surface area contributed by atoms with E-state index in [4.69, 9.17) is 23.7 Å². The summed E-state index contributed by atoms with van der Waals surface area (Å²) in [6, 6.07) is 0. The van der Waals surface area contributed by atoms with Crippen molar-refractivity contribution in [2.24, 2.45) is 17.8 Å². The second-order valence-electron chi connectivity index (χ2n) is 17.5. The maximum Gasteiger partial charge on any atom is 0.307 e.